The maximum atomic E-state index is 9.20. The van der Waals surface area contributed by atoms with Gasteiger partial charge in [-0.1, -0.05) is 41.6 Å². The van der Waals surface area contributed by atoms with Crippen molar-refractivity contribution in [1.82, 2.24) is 0 Å². The summed E-state index contributed by atoms with van der Waals surface area (Å²) in [6, 6.07) is 7.49. The molecule has 1 rings (SSSR count). The van der Waals surface area contributed by atoms with Crippen molar-refractivity contribution in [3.8, 4) is 5.75 Å². The molecule has 0 fully saturated rings. The number of phenolic OH excluding ortho intramolecular Hbond substituents is 1. The number of halogens is 1. The standard InChI is InChI=1S/C10H13IO/c1-8(7-11)5-9-3-2-4-10(12)6-9/h2-4,6,8,12H,5,7H2,1H3/t8-/m0/s1. The minimum atomic E-state index is 0.369. The molecule has 0 saturated carbocycles. The second-order valence-electron chi connectivity index (χ2n) is 3.13. The summed E-state index contributed by atoms with van der Waals surface area (Å²) in [4.78, 5) is 0. The molecule has 0 amide bonds. The van der Waals surface area contributed by atoms with E-state index < -0.39 is 0 Å². The fourth-order valence-corrected chi connectivity index (χ4v) is 1.45. The fourth-order valence-electron chi connectivity index (χ4n) is 1.14. The third kappa shape index (κ3) is 3.01. The third-order valence-electron chi connectivity index (χ3n) is 1.76. The van der Waals surface area contributed by atoms with Crippen LogP contribution in [0.1, 0.15) is 12.5 Å². The minimum absolute atomic E-state index is 0.369. The molecular weight excluding hydrogens is 263 g/mol. The van der Waals surface area contributed by atoms with E-state index in [2.05, 4.69) is 35.6 Å². The predicted molar refractivity (Wildman–Crippen MR) is 59.9 cm³/mol. The lowest BCUT2D eigenvalue weighted by Crippen LogP contribution is -1.99. The number of hydrogen-bond acceptors (Lipinski definition) is 1. The Balaban J connectivity index is 2.63. The number of phenols is 1. The van der Waals surface area contributed by atoms with Crippen molar-refractivity contribution in [2.24, 2.45) is 5.92 Å². The van der Waals surface area contributed by atoms with Gasteiger partial charge in [-0.2, -0.15) is 0 Å². The van der Waals surface area contributed by atoms with E-state index in [1.807, 2.05) is 12.1 Å². The summed E-state index contributed by atoms with van der Waals surface area (Å²) in [7, 11) is 0. The Morgan fingerprint density at radius 1 is 1.50 bits per heavy atom. The first-order valence-corrected chi connectivity index (χ1v) is 5.59. The molecule has 1 aromatic carbocycles. The Kier molecular flexibility index (Phi) is 3.85. The SMILES string of the molecule is C[C@H](CI)Cc1cccc(O)c1. The van der Waals surface area contributed by atoms with E-state index in [-0.39, 0.29) is 0 Å². The number of benzene rings is 1. The molecule has 0 spiro atoms. The van der Waals surface area contributed by atoms with Crippen molar-refractivity contribution in [3.63, 3.8) is 0 Å². The quantitative estimate of drug-likeness (QED) is 0.664. The highest BCUT2D eigenvalue weighted by molar-refractivity contribution is 14.1. The van der Waals surface area contributed by atoms with Gasteiger partial charge in [-0.3, -0.25) is 0 Å². The Morgan fingerprint density at radius 2 is 2.25 bits per heavy atom. The first kappa shape index (κ1) is 9.84. The average molecular weight is 276 g/mol. The van der Waals surface area contributed by atoms with E-state index in [9.17, 15) is 5.11 Å². The smallest absolute Gasteiger partial charge is 0.115 e. The second kappa shape index (κ2) is 4.70. The summed E-state index contributed by atoms with van der Waals surface area (Å²) in [5.41, 5.74) is 1.22. The maximum Gasteiger partial charge on any atom is 0.115 e. The van der Waals surface area contributed by atoms with Gasteiger partial charge in [-0.05, 0) is 30.0 Å². The third-order valence-corrected chi connectivity index (χ3v) is 3.26. The molecule has 1 N–H and O–H groups in total. The fraction of sp³-hybridized carbons (Fsp3) is 0.400. The van der Waals surface area contributed by atoms with Gasteiger partial charge in [-0.25, -0.2) is 0 Å². The molecule has 2 heteroatoms. The summed E-state index contributed by atoms with van der Waals surface area (Å²) >= 11 is 2.39. The van der Waals surface area contributed by atoms with Crippen LogP contribution in [0.25, 0.3) is 0 Å². The molecular formula is C10H13IO. The van der Waals surface area contributed by atoms with Crippen molar-refractivity contribution in [2.45, 2.75) is 13.3 Å². The molecule has 0 aromatic heterocycles. The highest BCUT2D eigenvalue weighted by atomic mass is 127. The lowest BCUT2D eigenvalue weighted by atomic mass is 10.0. The first-order chi connectivity index (χ1) is 5.72. The number of aromatic hydroxyl groups is 1. The van der Waals surface area contributed by atoms with Gasteiger partial charge in [0.25, 0.3) is 0 Å². The van der Waals surface area contributed by atoms with E-state index in [4.69, 9.17) is 0 Å². The Labute approximate surface area is 86.9 Å². The van der Waals surface area contributed by atoms with Crippen LogP contribution in [0.2, 0.25) is 0 Å². The monoisotopic (exact) mass is 276 g/mol. The summed E-state index contributed by atoms with van der Waals surface area (Å²) < 4.78 is 1.16. The largest absolute Gasteiger partial charge is 0.508 e. The summed E-state index contributed by atoms with van der Waals surface area (Å²) in [5, 5.41) is 9.20. The van der Waals surface area contributed by atoms with Crippen LogP contribution in [0.3, 0.4) is 0 Å². The number of hydrogen-bond donors (Lipinski definition) is 1. The molecule has 0 unspecified atom stereocenters. The van der Waals surface area contributed by atoms with Crippen LogP contribution in [-0.2, 0) is 6.42 Å². The van der Waals surface area contributed by atoms with Gasteiger partial charge in [0.1, 0.15) is 5.75 Å². The van der Waals surface area contributed by atoms with Crippen LogP contribution in [0, 0.1) is 5.92 Å². The number of alkyl halides is 1. The van der Waals surface area contributed by atoms with Crippen molar-refractivity contribution in [1.29, 1.82) is 0 Å². The molecule has 0 radical (unpaired) electrons. The van der Waals surface area contributed by atoms with Crippen molar-refractivity contribution in [3.05, 3.63) is 29.8 Å². The van der Waals surface area contributed by atoms with Gasteiger partial charge >= 0.3 is 0 Å². The van der Waals surface area contributed by atoms with E-state index in [1.54, 1.807) is 6.07 Å². The van der Waals surface area contributed by atoms with Crippen LogP contribution in [-0.4, -0.2) is 9.53 Å². The molecule has 66 valence electrons. The summed E-state index contributed by atoms with van der Waals surface area (Å²) in [6.07, 6.45) is 1.05. The van der Waals surface area contributed by atoms with Gasteiger partial charge in [0.2, 0.25) is 0 Å². The Bertz CT molecular complexity index is 247. The van der Waals surface area contributed by atoms with Crippen LogP contribution in [0.4, 0.5) is 0 Å². The normalized spacial score (nSPS) is 12.8. The van der Waals surface area contributed by atoms with Crippen molar-refractivity contribution < 1.29 is 5.11 Å². The molecule has 0 bridgehead atoms. The molecule has 0 saturated heterocycles. The molecule has 1 aromatic rings. The number of rotatable bonds is 3. The summed E-state index contributed by atoms with van der Waals surface area (Å²) in [5.74, 6) is 1.06. The highest BCUT2D eigenvalue weighted by Gasteiger charge is 2.01. The van der Waals surface area contributed by atoms with Gasteiger partial charge in [0.15, 0.2) is 0 Å². The highest BCUT2D eigenvalue weighted by Crippen LogP contribution is 2.15. The van der Waals surface area contributed by atoms with E-state index in [0.717, 1.165) is 10.8 Å². The van der Waals surface area contributed by atoms with Gasteiger partial charge in [-0.15, -0.1) is 0 Å². The van der Waals surface area contributed by atoms with Gasteiger partial charge in [0.05, 0.1) is 0 Å². The van der Waals surface area contributed by atoms with Gasteiger partial charge < -0.3 is 5.11 Å². The summed E-state index contributed by atoms with van der Waals surface area (Å²) in [6.45, 7) is 2.22. The van der Waals surface area contributed by atoms with Crippen LogP contribution < -0.4 is 0 Å². The molecule has 1 nitrogen and oxygen atoms in total. The first-order valence-electron chi connectivity index (χ1n) is 4.06. The molecule has 0 aliphatic heterocycles. The van der Waals surface area contributed by atoms with Crippen LogP contribution in [0.5, 0.6) is 5.75 Å². The average Bonchev–Trinajstić information content (AvgIpc) is 2.04. The molecule has 0 aliphatic rings. The molecule has 0 heterocycles. The predicted octanol–water partition coefficient (Wildman–Crippen LogP) is 3.01. The van der Waals surface area contributed by atoms with E-state index in [1.165, 1.54) is 5.56 Å². The van der Waals surface area contributed by atoms with Crippen molar-refractivity contribution in [2.75, 3.05) is 4.43 Å². The topological polar surface area (TPSA) is 20.2 Å². The van der Waals surface area contributed by atoms with Crippen molar-refractivity contribution >= 4 is 22.6 Å². The zero-order valence-electron chi connectivity index (χ0n) is 7.13. The molecule has 0 aliphatic carbocycles. The minimum Gasteiger partial charge on any atom is -0.508 e. The van der Waals surface area contributed by atoms with Crippen LogP contribution >= 0.6 is 22.6 Å². The Morgan fingerprint density at radius 3 is 2.83 bits per heavy atom. The molecule has 1 atom stereocenters. The lowest BCUT2D eigenvalue weighted by molar-refractivity contribution is 0.474. The van der Waals surface area contributed by atoms with E-state index >= 15 is 0 Å². The Hall–Kier alpha value is -0.250. The van der Waals surface area contributed by atoms with Crippen LogP contribution in [0.15, 0.2) is 24.3 Å². The maximum absolute atomic E-state index is 9.20. The second-order valence-corrected chi connectivity index (χ2v) is 4.01. The van der Waals surface area contributed by atoms with Gasteiger partial charge in [0, 0.05) is 4.43 Å². The molecule has 12 heavy (non-hydrogen) atoms. The zero-order valence-corrected chi connectivity index (χ0v) is 9.28. The zero-order chi connectivity index (χ0) is 8.97. The lowest BCUT2D eigenvalue weighted by Gasteiger charge is -2.06. The van der Waals surface area contributed by atoms with E-state index in [0.29, 0.717) is 11.7 Å².